The van der Waals surface area contributed by atoms with Crippen molar-refractivity contribution in [1.82, 2.24) is 15.6 Å². The third kappa shape index (κ3) is 7.49. The number of hydrogen-bond acceptors (Lipinski definition) is 5. The first-order valence-electron chi connectivity index (χ1n) is 10.8. The molecule has 33 heavy (non-hydrogen) atoms. The summed E-state index contributed by atoms with van der Waals surface area (Å²) in [5, 5.41) is 15.8. The molecule has 0 aliphatic heterocycles. The van der Waals surface area contributed by atoms with Crippen LogP contribution in [0.5, 0.6) is 0 Å². The minimum atomic E-state index is -1.17. The Morgan fingerprint density at radius 1 is 1.12 bits per heavy atom. The van der Waals surface area contributed by atoms with Crippen LogP contribution in [0, 0.1) is 5.92 Å². The largest absolute Gasteiger partial charge is 0.480 e. The highest BCUT2D eigenvalue weighted by Gasteiger charge is 2.30. The number of guanidine groups is 1. The molecule has 1 aromatic heterocycles. The highest BCUT2D eigenvalue weighted by Crippen LogP contribution is 2.19. The van der Waals surface area contributed by atoms with Crippen molar-refractivity contribution < 1.29 is 19.5 Å². The highest BCUT2D eigenvalue weighted by atomic mass is 16.4. The number of H-pyrrole nitrogens is 1. The second kappa shape index (κ2) is 11.9. The number of carboxylic acid groups (broad SMARTS) is 1. The first-order valence-corrected chi connectivity index (χ1v) is 10.8. The van der Waals surface area contributed by atoms with Crippen molar-refractivity contribution in [2.45, 2.75) is 51.2 Å². The summed E-state index contributed by atoms with van der Waals surface area (Å²) >= 11 is 0. The third-order valence-corrected chi connectivity index (χ3v) is 5.26. The maximum absolute atomic E-state index is 12.9. The number of aromatic amines is 1. The minimum Gasteiger partial charge on any atom is -0.480 e. The standard InChI is InChI=1S/C22H33N7O4/c1-12(2)18(29-19(30)15(23)7-5-9-26-22(24)25)20(31)28-17(21(32)33)10-13-11-27-16-8-4-3-6-14(13)16/h3-4,6,8,11-12,15,17-18,27H,5,7,9-10,23H2,1-2H3,(H,28,31)(H,29,30)(H,32,33)(H4,24,25,26). The average molecular weight is 460 g/mol. The first kappa shape index (κ1) is 25.7. The number of nitrogens with two attached hydrogens (primary N) is 3. The monoisotopic (exact) mass is 459 g/mol. The van der Waals surface area contributed by atoms with Crippen LogP contribution in [0.4, 0.5) is 0 Å². The van der Waals surface area contributed by atoms with Crippen LogP contribution in [-0.4, -0.2) is 58.5 Å². The number of benzene rings is 1. The maximum atomic E-state index is 12.9. The van der Waals surface area contributed by atoms with E-state index in [0.717, 1.165) is 16.5 Å². The zero-order valence-corrected chi connectivity index (χ0v) is 18.9. The van der Waals surface area contributed by atoms with Gasteiger partial charge in [0.1, 0.15) is 12.1 Å². The lowest BCUT2D eigenvalue weighted by Crippen LogP contribution is -2.56. The summed E-state index contributed by atoms with van der Waals surface area (Å²) in [5.74, 6) is -2.58. The van der Waals surface area contributed by atoms with Crippen LogP contribution in [0.3, 0.4) is 0 Å². The van der Waals surface area contributed by atoms with E-state index in [4.69, 9.17) is 17.2 Å². The molecular formula is C22H33N7O4. The maximum Gasteiger partial charge on any atom is 0.326 e. The fourth-order valence-electron chi connectivity index (χ4n) is 3.43. The summed E-state index contributed by atoms with van der Waals surface area (Å²) in [4.78, 5) is 44.2. The normalized spacial score (nSPS) is 13.8. The number of carbonyl (C=O) groups is 3. The fraction of sp³-hybridized carbons (Fsp3) is 0.455. The number of amides is 2. The number of nitrogens with zero attached hydrogens (tertiary/aromatic N) is 1. The molecule has 1 aromatic carbocycles. The first-order chi connectivity index (χ1) is 15.6. The molecule has 3 unspecified atom stereocenters. The quantitative estimate of drug-likeness (QED) is 0.129. The third-order valence-electron chi connectivity index (χ3n) is 5.26. The van der Waals surface area contributed by atoms with Crippen LogP contribution >= 0.6 is 0 Å². The Labute approximate surface area is 192 Å². The van der Waals surface area contributed by atoms with Crippen molar-refractivity contribution in [3.05, 3.63) is 36.0 Å². The molecule has 11 nitrogen and oxygen atoms in total. The molecule has 2 aromatic rings. The van der Waals surface area contributed by atoms with Gasteiger partial charge in [-0.2, -0.15) is 0 Å². The van der Waals surface area contributed by atoms with E-state index in [-0.39, 0.29) is 18.3 Å². The summed E-state index contributed by atoms with van der Waals surface area (Å²) in [6.07, 6.45) is 2.65. The van der Waals surface area contributed by atoms with Crippen molar-refractivity contribution in [1.29, 1.82) is 0 Å². The minimum absolute atomic E-state index is 0.0369. The van der Waals surface area contributed by atoms with Crippen LogP contribution < -0.4 is 27.8 Å². The number of fused-ring (bicyclic) bond motifs is 1. The Hall–Kier alpha value is -3.60. The van der Waals surface area contributed by atoms with Crippen molar-refractivity contribution in [2.75, 3.05) is 6.54 Å². The number of aliphatic carboxylic acids is 1. The molecular weight excluding hydrogens is 426 g/mol. The molecule has 1 heterocycles. The number of nitrogens with one attached hydrogen (secondary N) is 3. The molecule has 0 bridgehead atoms. The van der Waals surface area contributed by atoms with Crippen molar-refractivity contribution in [3.63, 3.8) is 0 Å². The van der Waals surface area contributed by atoms with Crippen LogP contribution in [0.15, 0.2) is 35.5 Å². The lowest BCUT2D eigenvalue weighted by atomic mass is 10.0. The van der Waals surface area contributed by atoms with Gasteiger partial charge >= 0.3 is 5.97 Å². The molecule has 0 aliphatic rings. The van der Waals surface area contributed by atoms with Gasteiger partial charge in [0.05, 0.1) is 6.04 Å². The van der Waals surface area contributed by atoms with E-state index in [1.165, 1.54) is 0 Å². The van der Waals surface area contributed by atoms with Crippen LogP contribution in [0.2, 0.25) is 0 Å². The lowest BCUT2D eigenvalue weighted by molar-refractivity contribution is -0.142. The lowest BCUT2D eigenvalue weighted by Gasteiger charge is -2.25. The Bertz CT molecular complexity index is 998. The van der Waals surface area contributed by atoms with Crippen molar-refractivity contribution >= 4 is 34.6 Å². The smallest absolute Gasteiger partial charge is 0.326 e. The summed E-state index contributed by atoms with van der Waals surface area (Å²) < 4.78 is 0. The Balaban J connectivity index is 2.02. The topological polar surface area (TPSA) is 202 Å². The number of para-hydroxylation sites is 1. The molecule has 0 fully saturated rings. The van der Waals surface area contributed by atoms with E-state index in [1.807, 2.05) is 24.3 Å². The van der Waals surface area contributed by atoms with E-state index in [2.05, 4.69) is 20.6 Å². The summed E-state index contributed by atoms with van der Waals surface area (Å²) in [6.45, 7) is 3.85. The number of aliphatic imine (C=N–C) groups is 1. The van der Waals surface area contributed by atoms with Gasteiger partial charge < -0.3 is 37.9 Å². The van der Waals surface area contributed by atoms with E-state index in [1.54, 1.807) is 20.0 Å². The summed E-state index contributed by atoms with van der Waals surface area (Å²) in [5.41, 5.74) is 18.1. The van der Waals surface area contributed by atoms with Gasteiger partial charge in [-0.1, -0.05) is 32.0 Å². The summed E-state index contributed by atoms with van der Waals surface area (Å²) in [7, 11) is 0. The molecule has 3 atom stereocenters. The Kier molecular flexibility index (Phi) is 9.22. The zero-order valence-electron chi connectivity index (χ0n) is 18.9. The predicted octanol–water partition coefficient (Wildman–Crippen LogP) is -0.198. The van der Waals surface area contributed by atoms with Crippen molar-refractivity contribution in [3.8, 4) is 0 Å². The second-order valence-electron chi connectivity index (χ2n) is 8.25. The summed E-state index contributed by atoms with van der Waals surface area (Å²) in [6, 6.07) is 4.55. The van der Waals surface area contributed by atoms with Gasteiger partial charge in [0.25, 0.3) is 0 Å². The van der Waals surface area contributed by atoms with Crippen LogP contribution in [-0.2, 0) is 20.8 Å². The fourth-order valence-corrected chi connectivity index (χ4v) is 3.43. The SMILES string of the molecule is CC(C)C(NC(=O)C(N)CCCN=C(N)N)C(=O)NC(Cc1c[nH]c2ccccc12)C(=O)O. The Morgan fingerprint density at radius 3 is 2.45 bits per heavy atom. The van der Waals surface area contributed by atoms with E-state index < -0.39 is 35.9 Å². The number of carboxylic acids is 1. The highest BCUT2D eigenvalue weighted by molar-refractivity contribution is 5.92. The van der Waals surface area contributed by atoms with E-state index in [0.29, 0.717) is 19.4 Å². The zero-order chi connectivity index (χ0) is 24.5. The van der Waals surface area contributed by atoms with Gasteiger partial charge in [0, 0.05) is 30.1 Å². The molecule has 0 saturated carbocycles. The van der Waals surface area contributed by atoms with Gasteiger partial charge in [-0.15, -0.1) is 0 Å². The number of hydrogen-bond donors (Lipinski definition) is 7. The molecule has 2 rings (SSSR count). The molecule has 0 spiro atoms. The number of rotatable bonds is 12. The van der Waals surface area contributed by atoms with E-state index >= 15 is 0 Å². The molecule has 0 aliphatic carbocycles. The Morgan fingerprint density at radius 2 is 1.82 bits per heavy atom. The average Bonchev–Trinajstić information content (AvgIpc) is 3.16. The van der Waals surface area contributed by atoms with Crippen LogP contribution in [0.25, 0.3) is 10.9 Å². The number of carbonyl (C=O) groups excluding carboxylic acids is 2. The van der Waals surface area contributed by atoms with Gasteiger partial charge in [-0.05, 0) is 30.4 Å². The molecule has 0 saturated heterocycles. The molecule has 180 valence electrons. The molecule has 2 amide bonds. The number of aromatic nitrogens is 1. The molecule has 0 radical (unpaired) electrons. The van der Waals surface area contributed by atoms with Crippen LogP contribution in [0.1, 0.15) is 32.3 Å². The van der Waals surface area contributed by atoms with Crippen molar-refractivity contribution in [2.24, 2.45) is 28.1 Å². The molecule has 11 heteroatoms. The van der Waals surface area contributed by atoms with Gasteiger partial charge in [0.15, 0.2) is 5.96 Å². The molecule has 10 N–H and O–H groups in total. The second-order valence-corrected chi connectivity index (χ2v) is 8.25. The van der Waals surface area contributed by atoms with Gasteiger partial charge in [-0.3, -0.25) is 14.6 Å². The predicted molar refractivity (Wildman–Crippen MR) is 126 cm³/mol. The van der Waals surface area contributed by atoms with Gasteiger partial charge in [0.2, 0.25) is 11.8 Å². The van der Waals surface area contributed by atoms with Gasteiger partial charge in [-0.25, -0.2) is 4.79 Å². The van der Waals surface area contributed by atoms with E-state index in [9.17, 15) is 19.5 Å².